The lowest BCUT2D eigenvalue weighted by Gasteiger charge is -2.15. The Kier molecular flexibility index (Phi) is 3.65. The van der Waals surface area contributed by atoms with Gasteiger partial charge in [0.15, 0.2) is 0 Å². The van der Waals surface area contributed by atoms with Crippen LogP contribution in [0.25, 0.3) is 11.1 Å². The van der Waals surface area contributed by atoms with Gasteiger partial charge in [0.05, 0.1) is 5.69 Å². The van der Waals surface area contributed by atoms with E-state index in [1.807, 2.05) is 7.05 Å². The van der Waals surface area contributed by atoms with Gasteiger partial charge in [-0.1, -0.05) is 50.6 Å². The minimum atomic E-state index is 0.388. The third-order valence-electron chi connectivity index (χ3n) is 3.86. The lowest BCUT2D eigenvalue weighted by atomic mass is 9.90. The molecule has 19 heavy (non-hydrogen) atoms. The van der Waals surface area contributed by atoms with Gasteiger partial charge in [0, 0.05) is 18.5 Å². The van der Waals surface area contributed by atoms with Crippen LogP contribution in [0.3, 0.4) is 0 Å². The Morgan fingerprint density at radius 2 is 1.89 bits per heavy atom. The average Bonchev–Trinajstić information content (AvgIpc) is 2.65. The van der Waals surface area contributed by atoms with Crippen molar-refractivity contribution in [1.82, 2.24) is 9.78 Å². The number of nitrogens with two attached hydrogens (primary N) is 1. The molecule has 0 amide bonds. The highest BCUT2D eigenvalue weighted by Crippen LogP contribution is 2.36. The number of nitrogen functional groups attached to an aromatic ring is 1. The molecule has 0 saturated heterocycles. The molecular weight excluding hydrogens is 234 g/mol. The highest BCUT2D eigenvalue weighted by atomic mass is 15.3. The van der Waals surface area contributed by atoms with E-state index in [0.717, 1.165) is 22.6 Å². The summed E-state index contributed by atoms with van der Waals surface area (Å²) in [5, 5.41) is 4.63. The minimum absolute atomic E-state index is 0.388. The van der Waals surface area contributed by atoms with Crippen LogP contribution < -0.4 is 5.73 Å². The number of nitrogens with zero attached hydrogens (tertiary/aromatic N) is 2. The second-order valence-electron chi connectivity index (χ2n) is 5.67. The third kappa shape index (κ3) is 2.50. The first-order valence-corrected chi connectivity index (χ1v) is 6.81. The Bertz CT molecular complexity index is 582. The molecule has 1 unspecified atom stereocenters. The monoisotopic (exact) mass is 257 g/mol. The molecule has 1 aromatic heterocycles. The van der Waals surface area contributed by atoms with Crippen LogP contribution in [-0.4, -0.2) is 9.78 Å². The second-order valence-corrected chi connectivity index (χ2v) is 5.67. The van der Waals surface area contributed by atoms with Gasteiger partial charge in [0.2, 0.25) is 0 Å². The maximum absolute atomic E-state index is 6.22. The number of rotatable bonds is 3. The van der Waals surface area contributed by atoms with Crippen LogP contribution in [0.15, 0.2) is 24.3 Å². The number of aryl methyl sites for hydroxylation is 2. The van der Waals surface area contributed by atoms with E-state index < -0.39 is 0 Å². The zero-order valence-corrected chi connectivity index (χ0v) is 12.4. The number of hydrogen-bond acceptors (Lipinski definition) is 2. The van der Waals surface area contributed by atoms with Crippen molar-refractivity contribution in [2.75, 3.05) is 5.73 Å². The molecular formula is C16H23N3. The normalized spacial score (nSPS) is 12.9. The van der Waals surface area contributed by atoms with Crippen molar-refractivity contribution in [2.24, 2.45) is 13.0 Å². The molecule has 0 bridgehead atoms. The van der Waals surface area contributed by atoms with Gasteiger partial charge in [-0.3, -0.25) is 4.68 Å². The highest BCUT2D eigenvalue weighted by Gasteiger charge is 2.22. The smallest absolute Gasteiger partial charge is 0.129 e. The van der Waals surface area contributed by atoms with Crippen LogP contribution in [0.1, 0.15) is 37.9 Å². The molecule has 0 radical (unpaired) electrons. The van der Waals surface area contributed by atoms with Gasteiger partial charge in [0.1, 0.15) is 5.82 Å². The molecule has 1 atom stereocenters. The Hall–Kier alpha value is -1.77. The first-order chi connectivity index (χ1) is 8.91. The zero-order valence-electron chi connectivity index (χ0n) is 12.4. The molecule has 102 valence electrons. The van der Waals surface area contributed by atoms with E-state index in [4.69, 9.17) is 5.73 Å². The fraction of sp³-hybridized carbons (Fsp3) is 0.438. The van der Waals surface area contributed by atoms with Gasteiger partial charge in [-0.25, -0.2) is 0 Å². The molecule has 3 nitrogen and oxygen atoms in total. The predicted molar refractivity (Wildman–Crippen MR) is 81.0 cm³/mol. The van der Waals surface area contributed by atoms with Crippen molar-refractivity contribution in [3.8, 4) is 11.1 Å². The molecule has 3 heteroatoms. The summed E-state index contributed by atoms with van der Waals surface area (Å²) in [6.45, 7) is 8.75. The molecule has 2 rings (SSSR count). The number of anilines is 1. The van der Waals surface area contributed by atoms with E-state index in [9.17, 15) is 0 Å². The van der Waals surface area contributed by atoms with E-state index in [1.54, 1.807) is 4.68 Å². The molecule has 1 heterocycles. The first kappa shape index (κ1) is 13.7. The SMILES string of the molecule is Cc1cccc(-c2c(C(C)C(C)C)nn(C)c2N)c1. The Labute approximate surface area is 115 Å². The van der Waals surface area contributed by atoms with E-state index in [-0.39, 0.29) is 0 Å². The molecule has 0 aliphatic carbocycles. The molecule has 1 aromatic carbocycles. The summed E-state index contributed by atoms with van der Waals surface area (Å²) >= 11 is 0. The number of hydrogen-bond donors (Lipinski definition) is 1. The van der Waals surface area contributed by atoms with E-state index >= 15 is 0 Å². The average molecular weight is 257 g/mol. The summed E-state index contributed by atoms with van der Waals surface area (Å²) in [4.78, 5) is 0. The van der Waals surface area contributed by atoms with E-state index in [0.29, 0.717) is 11.8 Å². The third-order valence-corrected chi connectivity index (χ3v) is 3.86. The highest BCUT2D eigenvalue weighted by molar-refractivity contribution is 5.77. The summed E-state index contributed by atoms with van der Waals surface area (Å²) in [5.74, 6) is 1.67. The molecule has 2 N–H and O–H groups in total. The van der Waals surface area contributed by atoms with Gasteiger partial charge in [-0.2, -0.15) is 5.10 Å². The zero-order chi connectivity index (χ0) is 14.2. The molecule has 0 saturated carbocycles. The largest absolute Gasteiger partial charge is 0.383 e. The molecule has 0 spiro atoms. The van der Waals surface area contributed by atoms with Crippen LogP contribution >= 0.6 is 0 Å². The maximum Gasteiger partial charge on any atom is 0.129 e. The van der Waals surface area contributed by atoms with Crippen molar-refractivity contribution in [1.29, 1.82) is 0 Å². The van der Waals surface area contributed by atoms with Crippen LogP contribution in [0.2, 0.25) is 0 Å². The fourth-order valence-corrected chi connectivity index (χ4v) is 2.29. The Morgan fingerprint density at radius 1 is 1.21 bits per heavy atom. The lowest BCUT2D eigenvalue weighted by molar-refractivity contribution is 0.517. The van der Waals surface area contributed by atoms with Crippen molar-refractivity contribution >= 4 is 5.82 Å². The summed E-state index contributed by atoms with van der Waals surface area (Å²) in [6, 6.07) is 8.45. The predicted octanol–water partition coefficient (Wildman–Crippen LogP) is 3.74. The molecule has 0 fully saturated rings. The van der Waals surface area contributed by atoms with Crippen molar-refractivity contribution in [2.45, 2.75) is 33.6 Å². The van der Waals surface area contributed by atoms with Gasteiger partial charge in [0.25, 0.3) is 0 Å². The van der Waals surface area contributed by atoms with Crippen LogP contribution in [0.5, 0.6) is 0 Å². The molecule has 2 aromatic rings. The van der Waals surface area contributed by atoms with Gasteiger partial charge in [-0.05, 0) is 18.4 Å². The van der Waals surface area contributed by atoms with E-state index in [2.05, 4.69) is 57.1 Å². The van der Waals surface area contributed by atoms with Crippen molar-refractivity contribution in [3.63, 3.8) is 0 Å². The van der Waals surface area contributed by atoms with Gasteiger partial charge < -0.3 is 5.73 Å². The quantitative estimate of drug-likeness (QED) is 0.910. The van der Waals surface area contributed by atoms with E-state index in [1.165, 1.54) is 5.56 Å². The Balaban J connectivity index is 2.62. The van der Waals surface area contributed by atoms with Crippen molar-refractivity contribution < 1.29 is 0 Å². The summed E-state index contributed by atoms with van der Waals surface area (Å²) < 4.78 is 1.78. The van der Waals surface area contributed by atoms with Gasteiger partial charge in [-0.15, -0.1) is 0 Å². The fourth-order valence-electron chi connectivity index (χ4n) is 2.29. The van der Waals surface area contributed by atoms with Crippen LogP contribution in [0.4, 0.5) is 5.82 Å². The second kappa shape index (κ2) is 5.08. The molecule has 0 aliphatic heterocycles. The minimum Gasteiger partial charge on any atom is -0.383 e. The lowest BCUT2D eigenvalue weighted by Crippen LogP contribution is -2.05. The first-order valence-electron chi connectivity index (χ1n) is 6.81. The van der Waals surface area contributed by atoms with Gasteiger partial charge >= 0.3 is 0 Å². The van der Waals surface area contributed by atoms with Crippen LogP contribution in [0, 0.1) is 12.8 Å². The number of benzene rings is 1. The van der Waals surface area contributed by atoms with Crippen LogP contribution in [-0.2, 0) is 7.05 Å². The molecule has 0 aliphatic rings. The summed E-state index contributed by atoms with van der Waals surface area (Å²) in [6.07, 6.45) is 0. The maximum atomic E-state index is 6.22. The summed E-state index contributed by atoms with van der Waals surface area (Å²) in [7, 11) is 1.91. The number of aromatic nitrogens is 2. The Morgan fingerprint density at radius 3 is 2.47 bits per heavy atom. The topological polar surface area (TPSA) is 43.8 Å². The van der Waals surface area contributed by atoms with Crippen molar-refractivity contribution in [3.05, 3.63) is 35.5 Å². The standard InChI is InChI=1S/C16H23N3/c1-10(2)12(4)15-14(16(17)19(5)18-15)13-8-6-7-11(3)9-13/h6-10,12H,17H2,1-5H3. The summed E-state index contributed by atoms with van der Waals surface area (Å²) in [5.41, 5.74) is 10.8.